The third-order valence-electron chi connectivity index (χ3n) is 6.10. The summed E-state index contributed by atoms with van der Waals surface area (Å²) in [6.45, 7) is 1.83. The number of rotatable bonds is 9. The largest absolute Gasteiger partial charge is 0.472 e. The number of aliphatic hydroxyl groups is 1. The molecule has 0 fully saturated rings. The van der Waals surface area contributed by atoms with Crippen molar-refractivity contribution in [2.45, 2.75) is 26.0 Å². The van der Waals surface area contributed by atoms with E-state index in [4.69, 9.17) is 16.3 Å². The number of nitrogens with one attached hydrogen (secondary N) is 1. The molecule has 0 bridgehead atoms. The highest BCUT2D eigenvalue weighted by Gasteiger charge is 2.25. The Morgan fingerprint density at radius 2 is 1.89 bits per heavy atom. The summed E-state index contributed by atoms with van der Waals surface area (Å²) >= 11 is 5.83. The minimum Gasteiger partial charge on any atom is -0.472 e. The Kier molecular flexibility index (Phi) is 8.43. The molecule has 0 radical (unpaired) electrons. The average Bonchev–Trinajstić information content (AvgIpc) is 3.30. The number of fused-ring (bicyclic) bond motifs is 1. The third-order valence-corrected chi connectivity index (χ3v) is 6.39. The maximum Gasteiger partial charge on any atom is 0.322 e. The van der Waals surface area contributed by atoms with Crippen molar-refractivity contribution in [1.29, 1.82) is 0 Å². The fraction of sp³-hybridized carbons (Fsp3) is 0.259. The number of carbonyl (C=O) groups excluding carboxylic acids is 1. The van der Waals surface area contributed by atoms with Crippen LogP contribution in [0.2, 0.25) is 5.02 Å². The molecule has 2 N–H and O–H groups in total. The summed E-state index contributed by atoms with van der Waals surface area (Å²) in [6.07, 6.45) is 5.44. The molecule has 2 aromatic carbocycles. The molecule has 38 heavy (non-hydrogen) atoms. The number of benzene rings is 2. The molecular weight excluding hydrogens is 521 g/mol. The number of aromatic nitrogens is 2. The molecule has 0 aliphatic rings. The van der Waals surface area contributed by atoms with Crippen molar-refractivity contribution in [1.82, 2.24) is 14.5 Å². The van der Waals surface area contributed by atoms with E-state index in [0.29, 0.717) is 10.9 Å². The number of anilines is 1. The Morgan fingerprint density at radius 3 is 2.55 bits per heavy atom. The van der Waals surface area contributed by atoms with Gasteiger partial charge in [-0.1, -0.05) is 11.6 Å². The standard InChI is InChI=1S/C27H26ClF3N4O3/c1-16(35(7-3-9-36)27(37)33-18-4-5-23(29)22(28)10-18)21-13-32-26(38-15-17-6-8-34(2)14-17)20-12-25(31)24(30)11-19(20)21/h4-6,8,10-14,16,36H,3,7,9,15H2,1-2H3,(H,33,37)/t16-/m0/s1. The van der Waals surface area contributed by atoms with Crippen LogP contribution in [-0.4, -0.2) is 38.7 Å². The van der Waals surface area contributed by atoms with E-state index in [-0.39, 0.29) is 48.2 Å². The molecule has 2 heterocycles. The predicted molar refractivity (Wildman–Crippen MR) is 139 cm³/mol. The zero-order valence-electron chi connectivity index (χ0n) is 20.7. The SMILES string of the molecule is C[C@@H](c1cnc(OCc2ccn(C)c2)c2cc(F)c(F)cc12)N(CCCO)C(=O)Nc1ccc(F)c(Cl)c1. The highest BCUT2D eigenvalue weighted by atomic mass is 35.5. The van der Waals surface area contributed by atoms with Crippen LogP contribution in [0, 0.1) is 17.5 Å². The summed E-state index contributed by atoms with van der Waals surface area (Å²) in [4.78, 5) is 19.0. The van der Waals surface area contributed by atoms with Gasteiger partial charge in [0.2, 0.25) is 5.88 Å². The normalized spacial score (nSPS) is 12.0. The van der Waals surface area contributed by atoms with E-state index in [9.17, 15) is 23.1 Å². The minimum atomic E-state index is -1.06. The minimum absolute atomic E-state index is 0.117. The maximum atomic E-state index is 14.4. The summed E-state index contributed by atoms with van der Waals surface area (Å²) in [7, 11) is 1.87. The van der Waals surface area contributed by atoms with Gasteiger partial charge in [0.1, 0.15) is 12.4 Å². The smallest absolute Gasteiger partial charge is 0.322 e. The fourth-order valence-electron chi connectivity index (χ4n) is 4.12. The highest BCUT2D eigenvalue weighted by Crippen LogP contribution is 2.34. The molecule has 11 heteroatoms. The summed E-state index contributed by atoms with van der Waals surface area (Å²) in [5.41, 5.74) is 1.58. The molecule has 7 nitrogen and oxygen atoms in total. The first-order valence-electron chi connectivity index (χ1n) is 11.8. The molecular formula is C27H26ClF3N4O3. The van der Waals surface area contributed by atoms with Crippen LogP contribution < -0.4 is 10.1 Å². The van der Waals surface area contributed by atoms with Crippen LogP contribution >= 0.6 is 11.6 Å². The van der Waals surface area contributed by atoms with Gasteiger partial charge < -0.3 is 24.6 Å². The van der Waals surface area contributed by atoms with Crippen molar-refractivity contribution < 1.29 is 27.8 Å². The second kappa shape index (κ2) is 11.7. The Morgan fingerprint density at radius 1 is 1.16 bits per heavy atom. The fourth-order valence-corrected chi connectivity index (χ4v) is 4.31. The van der Waals surface area contributed by atoms with Gasteiger partial charge in [0, 0.05) is 61.0 Å². The number of pyridine rings is 1. The van der Waals surface area contributed by atoms with Gasteiger partial charge in [-0.25, -0.2) is 22.9 Å². The summed E-state index contributed by atoms with van der Waals surface area (Å²) in [5.74, 6) is -2.63. The van der Waals surface area contributed by atoms with Crippen molar-refractivity contribution in [3.63, 3.8) is 0 Å². The van der Waals surface area contributed by atoms with Crippen LogP contribution in [0.5, 0.6) is 5.88 Å². The van der Waals surface area contributed by atoms with Crippen LogP contribution in [0.3, 0.4) is 0 Å². The number of nitrogens with zero attached hydrogens (tertiary/aromatic N) is 3. The molecule has 0 unspecified atom stereocenters. The molecule has 0 aliphatic heterocycles. The summed E-state index contributed by atoms with van der Waals surface area (Å²) < 4.78 is 49.9. The van der Waals surface area contributed by atoms with E-state index in [1.165, 1.54) is 23.2 Å². The monoisotopic (exact) mass is 546 g/mol. The van der Waals surface area contributed by atoms with Crippen LogP contribution in [0.1, 0.15) is 30.5 Å². The molecule has 0 saturated heterocycles. The topological polar surface area (TPSA) is 79.6 Å². The summed E-state index contributed by atoms with van der Waals surface area (Å²) in [5, 5.41) is 12.5. The van der Waals surface area contributed by atoms with E-state index >= 15 is 0 Å². The van der Waals surface area contributed by atoms with Gasteiger partial charge in [0.25, 0.3) is 0 Å². The van der Waals surface area contributed by atoms with E-state index in [0.717, 1.165) is 23.8 Å². The van der Waals surface area contributed by atoms with Crippen molar-refractivity contribution in [2.24, 2.45) is 7.05 Å². The van der Waals surface area contributed by atoms with Gasteiger partial charge in [-0.3, -0.25) is 0 Å². The zero-order valence-corrected chi connectivity index (χ0v) is 21.5. The van der Waals surface area contributed by atoms with Crippen molar-refractivity contribution in [3.8, 4) is 5.88 Å². The number of hydrogen-bond donors (Lipinski definition) is 2. The Hall–Kier alpha value is -3.76. The quantitative estimate of drug-likeness (QED) is 0.262. The maximum absolute atomic E-state index is 14.4. The first-order chi connectivity index (χ1) is 18.2. The van der Waals surface area contributed by atoms with Crippen LogP contribution in [0.25, 0.3) is 10.8 Å². The number of hydrogen-bond acceptors (Lipinski definition) is 4. The molecule has 200 valence electrons. The van der Waals surface area contributed by atoms with E-state index < -0.39 is 29.5 Å². The first-order valence-corrected chi connectivity index (χ1v) is 12.2. The lowest BCUT2D eigenvalue weighted by Gasteiger charge is -2.30. The van der Waals surface area contributed by atoms with Gasteiger partial charge in [-0.2, -0.15) is 0 Å². The van der Waals surface area contributed by atoms with Crippen molar-refractivity contribution in [3.05, 3.63) is 88.6 Å². The molecule has 0 aliphatic carbocycles. The molecule has 1 atom stereocenters. The number of halogens is 4. The number of carbonyl (C=O) groups is 1. The predicted octanol–water partition coefficient (Wildman–Crippen LogP) is 6.20. The Bertz CT molecular complexity index is 1460. The molecule has 0 spiro atoms. The second-order valence-electron chi connectivity index (χ2n) is 8.81. The first kappa shape index (κ1) is 27.3. The lowest BCUT2D eigenvalue weighted by Crippen LogP contribution is -2.38. The molecule has 0 saturated carbocycles. The van der Waals surface area contributed by atoms with Gasteiger partial charge in [-0.15, -0.1) is 0 Å². The summed E-state index contributed by atoms with van der Waals surface area (Å²) in [6, 6.07) is 6.46. The third kappa shape index (κ3) is 6.03. The van der Waals surface area contributed by atoms with Crippen LogP contribution in [0.15, 0.2) is 55.0 Å². The number of amides is 2. The Balaban J connectivity index is 1.68. The van der Waals surface area contributed by atoms with Crippen LogP contribution in [-0.2, 0) is 13.7 Å². The van der Waals surface area contributed by atoms with Crippen molar-refractivity contribution >= 4 is 34.1 Å². The lowest BCUT2D eigenvalue weighted by molar-refractivity contribution is 0.182. The molecule has 4 aromatic rings. The molecule has 4 rings (SSSR count). The van der Waals surface area contributed by atoms with Crippen molar-refractivity contribution in [2.75, 3.05) is 18.5 Å². The average molecular weight is 547 g/mol. The van der Waals surface area contributed by atoms with Gasteiger partial charge >= 0.3 is 6.03 Å². The number of urea groups is 1. The van der Waals surface area contributed by atoms with E-state index in [1.54, 1.807) is 6.92 Å². The van der Waals surface area contributed by atoms with Gasteiger partial charge in [0.15, 0.2) is 11.6 Å². The highest BCUT2D eigenvalue weighted by molar-refractivity contribution is 6.31. The number of ether oxygens (including phenoxy) is 1. The van der Waals surface area contributed by atoms with Gasteiger partial charge in [-0.05, 0) is 55.1 Å². The van der Waals surface area contributed by atoms with E-state index in [2.05, 4.69) is 10.3 Å². The van der Waals surface area contributed by atoms with Crippen LogP contribution in [0.4, 0.5) is 23.7 Å². The van der Waals surface area contributed by atoms with Gasteiger partial charge in [0.05, 0.1) is 11.1 Å². The molecule has 2 amide bonds. The van der Waals surface area contributed by atoms with E-state index in [1.807, 2.05) is 30.1 Å². The lowest BCUT2D eigenvalue weighted by atomic mass is 10.0. The second-order valence-corrected chi connectivity index (χ2v) is 9.22. The zero-order chi connectivity index (χ0) is 27.4. The number of aliphatic hydroxyl groups excluding tert-OH is 1. The molecule has 2 aromatic heterocycles. The number of aryl methyl sites for hydroxylation is 1. The Labute approximate surface area is 222 Å².